The fourth-order valence-corrected chi connectivity index (χ4v) is 1.92. The fourth-order valence-electron chi connectivity index (χ4n) is 1.92. The van der Waals surface area contributed by atoms with Gasteiger partial charge in [-0.05, 0) is 24.5 Å². The molecular formula is C18H18O. The molecule has 0 fully saturated rings. The smallest absolute Gasteiger partial charge is 0.148 e. The largest absolute Gasteiger partial charge is 0.374 e. The number of aryl methyl sites for hydroxylation is 1. The Morgan fingerprint density at radius 1 is 0.947 bits per heavy atom. The first-order chi connectivity index (χ1) is 9.18. The normalized spacial score (nSPS) is 13.2. The lowest BCUT2D eigenvalue weighted by atomic mass is 9.96. The summed E-state index contributed by atoms with van der Waals surface area (Å²) in [7, 11) is 0. The zero-order valence-electron chi connectivity index (χ0n) is 11.1. The number of hydrogen-bond acceptors (Lipinski definition) is 1. The number of rotatable bonds is 3. The standard InChI is InChI=1S/C18H18O/c1-18(19,17-13-6-3-7-14-17)15-9-8-12-16-10-4-2-5-11-16/h2-7,10-11,13-14,19H,8,12H2,1H3/t18-/m1/s1. The van der Waals surface area contributed by atoms with Crippen LogP contribution in [-0.2, 0) is 12.0 Å². The minimum absolute atomic E-state index is 0.757. The second-order valence-electron chi connectivity index (χ2n) is 4.73. The molecule has 0 aliphatic carbocycles. The van der Waals surface area contributed by atoms with Gasteiger partial charge in [0.05, 0.1) is 0 Å². The van der Waals surface area contributed by atoms with E-state index < -0.39 is 5.60 Å². The summed E-state index contributed by atoms with van der Waals surface area (Å²) in [5, 5.41) is 10.3. The molecule has 1 heteroatoms. The molecule has 0 unspecified atom stereocenters. The summed E-state index contributed by atoms with van der Waals surface area (Å²) in [5.74, 6) is 6.02. The van der Waals surface area contributed by atoms with E-state index in [1.54, 1.807) is 6.92 Å². The van der Waals surface area contributed by atoms with Gasteiger partial charge in [0.2, 0.25) is 0 Å². The van der Waals surface area contributed by atoms with Crippen LogP contribution in [0.15, 0.2) is 60.7 Å². The van der Waals surface area contributed by atoms with Gasteiger partial charge < -0.3 is 5.11 Å². The molecular weight excluding hydrogens is 232 g/mol. The van der Waals surface area contributed by atoms with Crippen LogP contribution in [-0.4, -0.2) is 5.11 Å². The van der Waals surface area contributed by atoms with Crippen LogP contribution >= 0.6 is 0 Å². The highest BCUT2D eigenvalue weighted by Crippen LogP contribution is 2.18. The Kier molecular flexibility index (Phi) is 4.39. The molecule has 1 N–H and O–H groups in total. The van der Waals surface area contributed by atoms with Gasteiger partial charge in [-0.15, -0.1) is 0 Å². The first kappa shape index (κ1) is 13.4. The third kappa shape index (κ3) is 3.98. The van der Waals surface area contributed by atoms with Crippen LogP contribution in [0.2, 0.25) is 0 Å². The van der Waals surface area contributed by atoms with E-state index in [1.165, 1.54) is 5.56 Å². The van der Waals surface area contributed by atoms with Crippen LogP contribution in [0.3, 0.4) is 0 Å². The topological polar surface area (TPSA) is 20.2 Å². The molecule has 2 aromatic rings. The molecule has 19 heavy (non-hydrogen) atoms. The maximum Gasteiger partial charge on any atom is 0.148 e. The van der Waals surface area contributed by atoms with Crippen molar-refractivity contribution in [2.45, 2.75) is 25.4 Å². The van der Waals surface area contributed by atoms with Gasteiger partial charge in [-0.3, -0.25) is 0 Å². The second kappa shape index (κ2) is 6.22. The fraction of sp³-hybridized carbons (Fsp3) is 0.222. The maximum atomic E-state index is 10.3. The van der Waals surface area contributed by atoms with Crippen LogP contribution in [0, 0.1) is 11.8 Å². The van der Waals surface area contributed by atoms with Crippen molar-refractivity contribution in [3.63, 3.8) is 0 Å². The van der Waals surface area contributed by atoms with Gasteiger partial charge in [0.15, 0.2) is 0 Å². The van der Waals surface area contributed by atoms with E-state index in [-0.39, 0.29) is 0 Å². The monoisotopic (exact) mass is 250 g/mol. The van der Waals surface area contributed by atoms with Gasteiger partial charge in [0.25, 0.3) is 0 Å². The Morgan fingerprint density at radius 2 is 1.53 bits per heavy atom. The molecule has 0 aliphatic rings. The predicted octanol–water partition coefficient (Wildman–Crippen LogP) is 3.53. The minimum Gasteiger partial charge on any atom is -0.374 e. The van der Waals surface area contributed by atoms with Crippen LogP contribution in [0.4, 0.5) is 0 Å². The van der Waals surface area contributed by atoms with E-state index in [2.05, 4.69) is 24.0 Å². The summed E-state index contributed by atoms with van der Waals surface area (Å²) < 4.78 is 0. The van der Waals surface area contributed by atoms with Crippen LogP contribution < -0.4 is 0 Å². The van der Waals surface area contributed by atoms with Gasteiger partial charge >= 0.3 is 0 Å². The number of hydrogen-bond donors (Lipinski definition) is 1. The van der Waals surface area contributed by atoms with Crippen molar-refractivity contribution < 1.29 is 5.11 Å². The van der Waals surface area contributed by atoms with E-state index in [0.717, 1.165) is 18.4 Å². The van der Waals surface area contributed by atoms with E-state index in [9.17, 15) is 5.11 Å². The van der Waals surface area contributed by atoms with Gasteiger partial charge in [-0.25, -0.2) is 0 Å². The van der Waals surface area contributed by atoms with Crippen molar-refractivity contribution in [3.05, 3.63) is 71.8 Å². The van der Waals surface area contributed by atoms with Crippen molar-refractivity contribution in [1.29, 1.82) is 0 Å². The van der Waals surface area contributed by atoms with Gasteiger partial charge in [-0.1, -0.05) is 72.5 Å². The van der Waals surface area contributed by atoms with Crippen LogP contribution in [0.1, 0.15) is 24.5 Å². The molecule has 0 aliphatic heterocycles. The molecule has 96 valence electrons. The highest BCUT2D eigenvalue weighted by atomic mass is 16.3. The Balaban J connectivity index is 1.96. The Morgan fingerprint density at radius 3 is 2.16 bits per heavy atom. The zero-order valence-corrected chi connectivity index (χ0v) is 11.1. The Labute approximate surface area is 114 Å². The quantitative estimate of drug-likeness (QED) is 0.826. The van der Waals surface area contributed by atoms with Crippen LogP contribution in [0.5, 0.6) is 0 Å². The van der Waals surface area contributed by atoms with E-state index in [0.29, 0.717) is 0 Å². The summed E-state index contributed by atoms with van der Waals surface area (Å²) in [4.78, 5) is 0. The summed E-state index contributed by atoms with van der Waals surface area (Å²) in [6.45, 7) is 1.73. The third-order valence-corrected chi connectivity index (χ3v) is 3.05. The van der Waals surface area contributed by atoms with Crippen molar-refractivity contribution in [2.24, 2.45) is 0 Å². The maximum absolute atomic E-state index is 10.3. The zero-order chi connectivity index (χ0) is 13.6. The van der Waals surface area contributed by atoms with Gasteiger partial charge in [-0.2, -0.15) is 0 Å². The van der Waals surface area contributed by atoms with Crippen molar-refractivity contribution in [3.8, 4) is 11.8 Å². The molecule has 2 aromatic carbocycles. The first-order valence-corrected chi connectivity index (χ1v) is 6.50. The summed E-state index contributed by atoms with van der Waals surface area (Å²) in [6.07, 6.45) is 1.67. The summed E-state index contributed by atoms with van der Waals surface area (Å²) >= 11 is 0. The SMILES string of the molecule is C[C@@](O)(C#CCCc1ccccc1)c1ccccc1. The molecule has 0 bridgehead atoms. The average Bonchev–Trinajstić information content (AvgIpc) is 2.46. The van der Waals surface area contributed by atoms with E-state index in [4.69, 9.17) is 0 Å². The summed E-state index contributed by atoms with van der Waals surface area (Å²) in [5.41, 5.74) is 1.04. The van der Waals surface area contributed by atoms with Crippen LogP contribution in [0.25, 0.3) is 0 Å². The minimum atomic E-state index is -1.07. The third-order valence-electron chi connectivity index (χ3n) is 3.05. The predicted molar refractivity (Wildman–Crippen MR) is 78.6 cm³/mol. The lowest BCUT2D eigenvalue weighted by Crippen LogP contribution is -2.18. The molecule has 0 aromatic heterocycles. The van der Waals surface area contributed by atoms with Gasteiger partial charge in [0, 0.05) is 6.42 Å². The molecule has 0 saturated heterocycles. The highest BCUT2D eigenvalue weighted by Gasteiger charge is 2.18. The molecule has 1 atom stereocenters. The summed E-state index contributed by atoms with van der Waals surface area (Å²) in [6, 6.07) is 19.8. The highest BCUT2D eigenvalue weighted by molar-refractivity contribution is 5.30. The second-order valence-corrected chi connectivity index (χ2v) is 4.73. The van der Waals surface area contributed by atoms with Crippen molar-refractivity contribution >= 4 is 0 Å². The lowest BCUT2D eigenvalue weighted by molar-refractivity contribution is 0.122. The molecule has 0 heterocycles. The molecule has 0 radical (unpaired) electrons. The molecule has 0 saturated carbocycles. The molecule has 1 nitrogen and oxygen atoms in total. The molecule has 0 spiro atoms. The van der Waals surface area contributed by atoms with Crippen molar-refractivity contribution in [2.75, 3.05) is 0 Å². The average molecular weight is 250 g/mol. The van der Waals surface area contributed by atoms with E-state index in [1.807, 2.05) is 48.5 Å². The number of aliphatic hydroxyl groups is 1. The Hall–Kier alpha value is -2.04. The number of benzene rings is 2. The van der Waals surface area contributed by atoms with Crippen molar-refractivity contribution in [1.82, 2.24) is 0 Å². The van der Waals surface area contributed by atoms with Gasteiger partial charge in [0.1, 0.15) is 5.60 Å². The molecule has 2 rings (SSSR count). The molecule has 0 amide bonds. The first-order valence-electron chi connectivity index (χ1n) is 6.50. The lowest BCUT2D eigenvalue weighted by Gasteiger charge is -2.16. The van der Waals surface area contributed by atoms with E-state index >= 15 is 0 Å². The Bertz CT molecular complexity index is 559.